The van der Waals surface area contributed by atoms with Crippen molar-refractivity contribution in [3.63, 3.8) is 0 Å². The van der Waals surface area contributed by atoms with E-state index in [1.54, 1.807) is 0 Å². The normalized spacial score (nSPS) is 16.6. The van der Waals surface area contributed by atoms with Crippen LogP contribution in [0.25, 0.3) is 10.8 Å². The van der Waals surface area contributed by atoms with Crippen molar-refractivity contribution in [1.29, 1.82) is 0 Å². The molecule has 1 amide bonds. The smallest absolute Gasteiger partial charge is 0.238 e. The fourth-order valence-electron chi connectivity index (χ4n) is 3.65. The molecule has 128 valence electrons. The summed E-state index contributed by atoms with van der Waals surface area (Å²) < 4.78 is 2.02. The van der Waals surface area contributed by atoms with E-state index in [9.17, 15) is 4.79 Å². The molecule has 0 saturated carbocycles. The van der Waals surface area contributed by atoms with Gasteiger partial charge in [-0.3, -0.25) is 9.48 Å². The number of amides is 1. The second-order valence-corrected chi connectivity index (χ2v) is 6.80. The molecule has 25 heavy (non-hydrogen) atoms. The van der Waals surface area contributed by atoms with Crippen LogP contribution in [-0.2, 0) is 24.3 Å². The SMILES string of the molecule is O=C(CCl)N(Cc1ccc2ccccc2c1)C1CCn2nccc2C1. The van der Waals surface area contributed by atoms with Crippen molar-refractivity contribution in [3.8, 4) is 0 Å². The molecule has 4 rings (SSSR count). The molecule has 0 saturated heterocycles. The number of halogens is 1. The largest absolute Gasteiger partial charge is 0.334 e. The van der Waals surface area contributed by atoms with E-state index in [0.29, 0.717) is 6.54 Å². The van der Waals surface area contributed by atoms with Crippen LogP contribution >= 0.6 is 11.6 Å². The lowest BCUT2D eigenvalue weighted by molar-refractivity contribution is -0.132. The van der Waals surface area contributed by atoms with Gasteiger partial charge in [0, 0.05) is 37.4 Å². The summed E-state index contributed by atoms with van der Waals surface area (Å²) in [6, 6.07) is 16.9. The van der Waals surface area contributed by atoms with Crippen molar-refractivity contribution in [2.24, 2.45) is 0 Å². The first-order chi connectivity index (χ1) is 12.2. The Morgan fingerprint density at radius 2 is 2.04 bits per heavy atom. The van der Waals surface area contributed by atoms with E-state index < -0.39 is 0 Å². The van der Waals surface area contributed by atoms with Gasteiger partial charge < -0.3 is 4.90 Å². The molecule has 4 nitrogen and oxygen atoms in total. The molecule has 1 aliphatic rings. The topological polar surface area (TPSA) is 38.1 Å². The van der Waals surface area contributed by atoms with Crippen molar-refractivity contribution in [2.45, 2.75) is 32.0 Å². The summed E-state index contributed by atoms with van der Waals surface area (Å²) in [5, 5.41) is 6.73. The van der Waals surface area contributed by atoms with Gasteiger partial charge in [-0.15, -0.1) is 11.6 Å². The minimum atomic E-state index is -0.00668. The van der Waals surface area contributed by atoms with E-state index in [1.807, 2.05) is 34.0 Å². The first kappa shape index (κ1) is 16.2. The Labute approximate surface area is 152 Å². The molecule has 0 spiro atoms. The van der Waals surface area contributed by atoms with Gasteiger partial charge in [0.2, 0.25) is 5.91 Å². The highest BCUT2D eigenvalue weighted by atomic mass is 35.5. The van der Waals surface area contributed by atoms with Crippen LogP contribution in [0.3, 0.4) is 0 Å². The Morgan fingerprint density at radius 3 is 2.88 bits per heavy atom. The Hall–Kier alpha value is -2.33. The lowest BCUT2D eigenvalue weighted by Gasteiger charge is -2.34. The summed E-state index contributed by atoms with van der Waals surface area (Å²) in [4.78, 5) is 14.4. The molecule has 1 atom stereocenters. The summed E-state index contributed by atoms with van der Waals surface area (Å²) in [6.45, 7) is 1.44. The zero-order chi connectivity index (χ0) is 17.2. The highest BCUT2D eigenvalue weighted by molar-refractivity contribution is 6.27. The number of aryl methyl sites for hydroxylation is 1. The van der Waals surface area contributed by atoms with E-state index in [4.69, 9.17) is 11.6 Å². The number of hydrogen-bond acceptors (Lipinski definition) is 2. The Morgan fingerprint density at radius 1 is 1.20 bits per heavy atom. The summed E-state index contributed by atoms with van der Waals surface area (Å²) in [5.74, 6) is 0.0105. The molecule has 1 aromatic heterocycles. The molecule has 0 aliphatic carbocycles. The molecule has 5 heteroatoms. The van der Waals surface area contributed by atoms with E-state index in [0.717, 1.165) is 24.9 Å². The van der Waals surface area contributed by atoms with Gasteiger partial charge in [-0.1, -0.05) is 36.4 Å². The Balaban J connectivity index is 1.59. The average Bonchev–Trinajstić information content (AvgIpc) is 3.13. The quantitative estimate of drug-likeness (QED) is 0.672. The van der Waals surface area contributed by atoms with E-state index in [-0.39, 0.29) is 17.8 Å². The Kier molecular flexibility index (Phi) is 4.45. The maximum absolute atomic E-state index is 12.5. The van der Waals surface area contributed by atoms with E-state index >= 15 is 0 Å². The van der Waals surface area contributed by atoms with Crippen molar-refractivity contribution in [2.75, 3.05) is 5.88 Å². The summed E-state index contributed by atoms with van der Waals surface area (Å²) in [7, 11) is 0. The molecule has 2 aromatic carbocycles. The van der Waals surface area contributed by atoms with Crippen LogP contribution in [0.1, 0.15) is 17.7 Å². The van der Waals surface area contributed by atoms with Gasteiger partial charge in [0.25, 0.3) is 0 Å². The number of alkyl halides is 1. The second-order valence-electron chi connectivity index (χ2n) is 6.53. The monoisotopic (exact) mass is 353 g/mol. The van der Waals surface area contributed by atoms with Crippen LogP contribution in [0.2, 0.25) is 0 Å². The van der Waals surface area contributed by atoms with Crippen LogP contribution in [0.5, 0.6) is 0 Å². The number of carbonyl (C=O) groups is 1. The van der Waals surface area contributed by atoms with Crippen LogP contribution in [-0.4, -0.2) is 32.5 Å². The van der Waals surface area contributed by atoms with E-state index in [2.05, 4.69) is 35.4 Å². The molecular formula is C20H20ClN3O. The maximum atomic E-state index is 12.5. The van der Waals surface area contributed by atoms with Gasteiger partial charge in [-0.2, -0.15) is 5.10 Å². The molecule has 0 bridgehead atoms. The van der Waals surface area contributed by atoms with Crippen LogP contribution in [0.15, 0.2) is 54.7 Å². The van der Waals surface area contributed by atoms with Crippen molar-refractivity contribution < 1.29 is 4.79 Å². The van der Waals surface area contributed by atoms with E-state index in [1.165, 1.54) is 16.5 Å². The molecule has 0 radical (unpaired) electrons. The van der Waals surface area contributed by atoms with Crippen molar-refractivity contribution >= 4 is 28.3 Å². The third kappa shape index (κ3) is 3.27. The third-order valence-electron chi connectivity index (χ3n) is 4.97. The summed E-state index contributed by atoms with van der Waals surface area (Å²) in [6.07, 6.45) is 3.57. The van der Waals surface area contributed by atoms with Gasteiger partial charge in [0.15, 0.2) is 0 Å². The fraction of sp³-hybridized carbons (Fsp3) is 0.300. The predicted octanol–water partition coefficient (Wildman–Crippen LogP) is 3.62. The molecular weight excluding hydrogens is 334 g/mol. The minimum Gasteiger partial charge on any atom is -0.334 e. The van der Waals surface area contributed by atoms with Gasteiger partial charge in [-0.25, -0.2) is 0 Å². The number of fused-ring (bicyclic) bond motifs is 2. The first-order valence-electron chi connectivity index (χ1n) is 8.58. The van der Waals surface area contributed by atoms with Gasteiger partial charge in [0.1, 0.15) is 5.88 Å². The summed E-state index contributed by atoms with van der Waals surface area (Å²) >= 11 is 5.90. The third-order valence-corrected chi connectivity index (χ3v) is 5.19. The molecule has 2 heterocycles. The lowest BCUT2D eigenvalue weighted by Crippen LogP contribution is -2.44. The second kappa shape index (κ2) is 6.89. The van der Waals surface area contributed by atoms with Gasteiger partial charge in [-0.05, 0) is 34.9 Å². The van der Waals surface area contributed by atoms with Gasteiger partial charge in [0.05, 0.1) is 0 Å². The number of nitrogens with zero attached hydrogens (tertiary/aromatic N) is 3. The molecule has 0 fully saturated rings. The zero-order valence-electron chi connectivity index (χ0n) is 13.9. The zero-order valence-corrected chi connectivity index (χ0v) is 14.7. The van der Waals surface area contributed by atoms with Crippen LogP contribution < -0.4 is 0 Å². The standard InChI is InChI=1S/C20H20ClN3O/c21-13-20(25)23(18-8-10-24-19(12-18)7-9-22-24)14-15-5-6-16-3-1-2-4-17(16)11-15/h1-7,9,11,18H,8,10,12-14H2. The van der Waals surface area contributed by atoms with Crippen LogP contribution in [0.4, 0.5) is 0 Å². The molecule has 3 aromatic rings. The maximum Gasteiger partial charge on any atom is 0.238 e. The molecule has 1 aliphatic heterocycles. The Bertz CT molecular complexity index is 905. The number of carbonyl (C=O) groups excluding carboxylic acids is 1. The number of aromatic nitrogens is 2. The number of rotatable bonds is 4. The first-order valence-corrected chi connectivity index (χ1v) is 9.12. The van der Waals surface area contributed by atoms with Crippen molar-refractivity contribution in [3.05, 3.63) is 66.0 Å². The number of benzene rings is 2. The van der Waals surface area contributed by atoms with Crippen LogP contribution in [0, 0.1) is 0 Å². The number of hydrogen-bond donors (Lipinski definition) is 0. The highest BCUT2D eigenvalue weighted by Crippen LogP contribution is 2.23. The predicted molar refractivity (Wildman–Crippen MR) is 99.6 cm³/mol. The lowest BCUT2D eigenvalue weighted by atomic mass is 10.0. The fourth-order valence-corrected chi connectivity index (χ4v) is 3.80. The minimum absolute atomic E-state index is 0.00668. The molecule has 1 unspecified atom stereocenters. The highest BCUT2D eigenvalue weighted by Gasteiger charge is 2.27. The summed E-state index contributed by atoms with van der Waals surface area (Å²) in [5.41, 5.74) is 2.32. The molecule has 0 N–H and O–H groups in total. The average molecular weight is 354 g/mol. The van der Waals surface area contributed by atoms with Gasteiger partial charge >= 0.3 is 0 Å². The van der Waals surface area contributed by atoms with Crippen molar-refractivity contribution in [1.82, 2.24) is 14.7 Å².